The summed E-state index contributed by atoms with van der Waals surface area (Å²) in [6, 6.07) is 5.74. The van der Waals surface area contributed by atoms with E-state index in [1.165, 1.54) is 11.8 Å². The van der Waals surface area contributed by atoms with E-state index in [1.54, 1.807) is 29.2 Å². The van der Waals surface area contributed by atoms with Crippen LogP contribution in [-0.2, 0) is 23.9 Å². The van der Waals surface area contributed by atoms with Crippen LogP contribution < -0.4 is 15.6 Å². The van der Waals surface area contributed by atoms with E-state index in [0.717, 1.165) is 0 Å². The van der Waals surface area contributed by atoms with Crippen molar-refractivity contribution in [3.8, 4) is 5.75 Å². The zero-order valence-electron chi connectivity index (χ0n) is 15.6. The largest absolute Gasteiger partial charge is 0.484 e. The van der Waals surface area contributed by atoms with Crippen molar-refractivity contribution in [2.24, 2.45) is 0 Å². The minimum Gasteiger partial charge on any atom is -0.484 e. The van der Waals surface area contributed by atoms with E-state index < -0.39 is 30.4 Å². The number of benzene rings is 1. The van der Waals surface area contributed by atoms with Gasteiger partial charge in [-0.1, -0.05) is 11.6 Å². The van der Waals surface area contributed by atoms with E-state index in [9.17, 15) is 19.2 Å². The molecular formula is C18H20ClN3O6S. The maximum atomic E-state index is 12.3. The second-order valence-electron chi connectivity index (χ2n) is 6.71. The normalized spacial score (nSPS) is 22.8. The van der Waals surface area contributed by atoms with Crippen molar-refractivity contribution in [2.75, 3.05) is 19.0 Å². The average Bonchev–Trinajstić information content (AvgIpc) is 3.19. The monoisotopic (exact) mass is 441 g/mol. The van der Waals surface area contributed by atoms with Gasteiger partial charge >= 0.3 is 5.97 Å². The number of carbonyl (C=O) groups is 4. The van der Waals surface area contributed by atoms with Crippen LogP contribution in [0.15, 0.2) is 24.3 Å². The van der Waals surface area contributed by atoms with Gasteiger partial charge in [0.2, 0.25) is 5.91 Å². The van der Waals surface area contributed by atoms with Gasteiger partial charge in [-0.3, -0.25) is 25.2 Å². The molecule has 2 saturated heterocycles. The number of rotatable bonds is 6. The van der Waals surface area contributed by atoms with Gasteiger partial charge in [-0.15, -0.1) is 11.8 Å². The molecule has 11 heteroatoms. The Morgan fingerprint density at radius 1 is 1.21 bits per heavy atom. The van der Waals surface area contributed by atoms with Gasteiger partial charge in [0.25, 0.3) is 11.8 Å². The minimum atomic E-state index is -0.709. The zero-order chi connectivity index (χ0) is 21.0. The molecule has 3 rings (SSSR count). The molecule has 1 aromatic carbocycles. The molecule has 0 aliphatic carbocycles. The fraction of sp³-hybridized carbons (Fsp3) is 0.444. The van der Waals surface area contributed by atoms with E-state index in [1.807, 2.05) is 6.92 Å². The predicted octanol–water partition coefficient (Wildman–Crippen LogP) is 0.863. The highest BCUT2D eigenvalue weighted by Crippen LogP contribution is 2.47. The molecule has 0 saturated carbocycles. The van der Waals surface area contributed by atoms with Crippen LogP contribution in [0.5, 0.6) is 5.75 Å². The van der Waals surface area contributed by atoms with Crippen LogP contribution in [0.4, 0.5) is 0 Å². The number of nitrogens with zero attached hydrogens (tertiary/aromatic N) is 1. The zero-order valence-corrected chi connectivity index (χ0v) is 17.2. The number of carbonyl (C=O) groups excluding carboxylic acids is 4. The summed E-state index contributed by atoms with van der Waals surface area (Å²) < 4.78 is 10.2. The second kappa shape index (κ2) is 8.91. The van der Waals surface area contributed by atoms with Crippen molar-refractivity contribution in [1.82, 2.24) is 15.8 Å². The smallest absolute Gasteiger partial charge is 0.330 e. The molecule has 0 aromatic heterocycles. The van der Waals surface area contributed by atoms with Gasteiger partial charge in [-0.25, -0.2) is 4.79 Å². The molecule has 1 aromatic rings. The number of halogens is 1. The Hall–Kier alpha value is -2.46. The Balaban J connectivity index is 1.36. The summed E-state index contributed by atoms with van der Waals surface area (Å²) in [5.41, 5.74) is 4.29. The number of amides is 3. The molecule has 2 atom stereocenters. The van der Waals surface area contributed by atoms with E-state index in [-0.39, 0.29) is 17.4 Å². The first kappa shape index (κ1) is 21.3. The van der Waals surface area contributed by atoms with Gasteiger partial charge in [0, 0.05) is 17.2 Å². The molecule has 9 nitrogen and oxygen atoms in total. The Morgan fingerprint density at radius 3 is 2.55 bits per heavy atom. The Kier molecular flexibility index (Phi) is 6.53. The summed E-state index contributed by atoms with van der Waals surface area (Å²) in [7, 11) is 0. The molecule has 2 aliphatic rings. The van der Waals surface area contributed by atoms with Gasteiger partial charge in [0.1, 0.15) is 11.8 Å². The van der Waals surface area contributed by atoms with Crippen LogP contribution in [0.1, 0.15) is 19.8 Å². The molecule has 0 bridgehead atoms. The SMILES string of the molecule is C[C@@]12CCC(=O)N1[C@H](C(=O)OCC(=O)NNC(=O)COc1ccc(Cl)cc1)CS2. The summed E-state index contributed by atoms with van der Waals surface area (Å²) in [5, 5.41) is 0.540. The van der Waals surface area contributed by atoms with Gasteiger partial charge in [-0.2, -0.15) is 0 Å². The maximum absolute atomic E-state index is 12.3. The van der Waals surface area contributed by atoms with Gasteiger partial charge in [0.05, 0.1) is 4.87 Å². The number of esters is 1. The van der Waals surface area contributed by atoms with Crippen molar-refractivity contribution in [3.63, 3.8) is 0 Å². The fourth-order valence-electron chi connectivity index (χ4n) is 3.12. The Morgan fingerprint density at radius 2 is 1.86 bits per heavy atom. The topological polar surface area (TPSA) is 114 Å². The third-order valence-corrected chi connectivity index (χ3v) is 6.34. The number of thioether (sulfide) groups is 1. The minimum absolute atomic E-state index is 0.0862. The van der Waals surface area contributed by atoms with Crippen LogP contribution in [0.2, 0.25) is 5.02 Å². The van der Waals surface area contributed by atoms with Crippen LogP contribution in [-0.4, -0.2) is 58.5 Å². The average molecular weight is 442 g/mol. The summed E-state index contributed by atoms with van der Waals surface area (Å²) >= 11 is 7.29. The van der Waals surface area contributed by atoms with Gasteiger partial charge in [0.15, 0.2) is 13.2 Å². The molecule has 2 fully saturated rings. The van der Waals surface area contributed by atoms with E-state index >= 15 is 0 Å². The highest BCUT2D eigenvalue weighted by Gasteiger charge is 2.53. The number of hydrogen-bond acceptors (Lipinski definition) is 7. The quantitative estimate of drug-likeness (QED) is 0.497. The van der Waals surface area contributed by atoms with Crippen LogP contribution in [0.25, 0.3) is 0 Å². The first-order valence-corrected chi connectivity index (χ1v) is 10.2. The Labute approximate surface area is 176 Å². The predicted molar refractivity (Wildman–Crippen MR) is 105 cm³/mol. The molecule has 0 spiro atoms. The highest BCUT2D eigenvalue weighted by molar-refractivity contribution is 8.01. The van der Waals surface area contributed by atoms with E-state index in [2.05, 4.69) is 10.9 Å². The lowest BCUT2D eigenvalue weighted by atomic mass is 10.2. The molecule has 2 heterocycles. The van der Waals surface area contributed by atoms with Crippen molar-refractivity contribution < 1.29 is 28.7 Å². The summed E-state index contributed by atoms with van der Waals surface area (Å²) in [6.07, 6.45) is 1.09. The molecule has 2 aliphatic heterocycles. The Bertz CT molecular complexity index is 820. The maximum Gasteiger partial charge on any atom is 0.330 e. The first-order chi connectivity index (χ1) is 13.8. The number of hydrazine groups is 1. The number of hydrogen-bond donors (Lipinski definition) is 2. The molecule has 29 heavy (non-hydrogen) atoms. The number of ether oxygens (including phenoxy) is 2. The second-order valence-corrected chi connectivity index (χ2v) is 8.65. The molecular weight excluding hydrogens is 422 g/mol. The van der Waals surface area contributed by atoms with Crippen LogP contribution in [0, 0.1) is 0 Å². The molecule has 3 amide bonds. The third kappa shape index (κ3) is 5.13. The first-order valence-electron chi connectivity index (χ1n) is 8.87. The summed E-state index contributed by atoms with van der Waals surface area (Å²) in [5.74, 6) is -1.14. The van der Waals surface area contributed by atoms with E-state index in [4.69, 9.17) is 21.1 Å². The standard InChI is InChI=1S/C18H20ClN3O6S/c1-18-7-6-16(25)22(18)13(10-29-18)17(26)28-9-15(24)21-20-14(23)8-27-12-4-2-11(19)3-5-12/h2-5,13H,6-10H2,1H3,(H,20,23)(H,21,24)/t13-,18+/m0/s1. The molecule has 0 radical (unpaired) electrons. The van der Waals surface area contributed by atoms with Crippen molar-refractivity contribution in [3.05, 3.63) is 29.3 Å². The lowest BCUT2D eigenvalue weighted by Crippen LogP contribution is -2.48. The van der Waals surface area contributed by atoms with Gasteiger partial charge in [-0.05, 0) is 37.6 Å². The lowest BCUT2D eigenvalue weighted by Gasteiger charge is -2.29. The highest BCUT2D eigenvalue weighted by atomic mass is 35.5. The summed E-state index contributed by atoms with van der Waals surface area (Å²) in [6.45, 7) is 1.03. The fourth-order valence-corrected chi connectivity index (χ4v) is 4.66. The van der Waals surface area contributed by atoms with Crippen LogP contribution >= 0.6 is 23.4 Å². The lowest BCUT2D eigenvalue weighted by molar-refractivity contribution is -0.156. The number of nitrogens with one attached hydrogen (secondary N) is 2. The summed E-state index contributed by atoms with van der Waals surface area (Å²) in [4.78, 5) is 49.0. The van der Waals surface area contributed by atoms with Crippen LogP contribution in [0.3, 0.4) is 0 Å². The van der Waals surface area contributed by atoms with Crippen molar-refractivity contribution in [1.29, 1.82) is 0 Å². The van der Waals surface area contributed by atoms with Crippen molar-refractivity contribution >= 4 is 47.1 Å². The molecule has 0 unspecified atom stereocenters. The molecule has 156 valence electrons. The van der Waals surface area contributed by atoms with Gasteiger partial charge < -0.3 is 14.4 Å². The van der Waals surface area contributed by atoms with Crippen molar-refractivity contribution in [2.45, 2.75) is 30.7 Å². The third-order valence-electron chi connectivity index (χ3n) is 4.59. The van der Waals surface area contributed by atoms with E-state index in [0.29, 0.717) is 29.4 Å². The molecule has 2 N–H and O–H groups in total. The number of fused-ring (bicyclic) bond motifs is 1.